The number of likely N-dealkylation sites (tertiary alicyclic amines) is 1. The van der Waals surface area contributed by atoms with Crippen LogP contribution >= 0.6 is 0 Å². The first-order valence-electron chi connectivity index (χ1n) is 10.7. The van der Waals surface area contributed by atoms with Crippen LogP contribution in [0.2, 0.25) is 0 Å². The zero-order valence-corrected chi connectivity index (χ0v) is 17.6. The van der Waals surface area contributed by atoms with Crippen LogP contribution < -0.4 is 16.4 Å². The summed E-state index contributed by atoms with van der Waals surface area (Å²) in [7, 11) is 0. The fourth-order valence-electron chi connectivity index (χ4n) is 3.81. The number of carbonyl (C=O) groups is 3. The van der Waals surface area contributed by atoms with Crippen LogP contribution in [-0.4, -0.2) is 48.3 Å². The topological polar surface area (TPSA) is 105 Å². The maximum atomic E-state index is 12.9. The highest BCUT2D eigenvalue weighted by Gasteiger charge is 2.31. The van der Waals surface area contributed by atoms with Gasteiger partial charge in [-0.25, -0.2) is 0 Å². The van der Waals surface area contributed by atoms with Gasteiger partial charge in [-0.05, 0) is 24.1 Å². The second kappa shape index (κ2) is 11.3. The summed E-state index contributed by atoms with van der Waals surface area (Å²) in [6, 6.07) is 19.0. The Hall–Kier alpha value is -3.19. The molecule has 7 heteroatoms. The van der Waals surface area contributed by atoms with Crippen LogP contribution in [0.5, 0.6) is 0 Å². The number of nitrogens with one attached hydrogen (secondary N) is 2. The monoisotopic (exact) mass is 422 g/mol. The van der Waals surface area contributed by atoms with Gasteiger partial charge in [0.2, 0.25) is 17.7 Å². The van der Waals surface area contributed by atoms with Crippen molar-refractivity contribution in [2.75, 3.05) is 19.6 Å². The first-order chi connectivity index (χ1) is 15.0. The highest BCUT2D eigenvalue weighted by molar-refractivity contribution is 5.89. The van der Waals surface area contributed by atoms with Crippen LogP contribution in [0.4, 0.5) is 0 Å². The summed E-state index contributed by atoms with van der Waals surface area (Å²) < 4.78 is 0. The Bertz CT molecular complexity index is 873. The number of hydrogen-bond donors (Lipinski definition) is 3. The van der Waals surface area contributed by atoms with Crippen molar-refractivity contribution in [2.45, 2.75) is 31.8 Å². The van der Waals surface area contributed by atoms with Gasteiger partial charge in [-0.2, -0.15) is 0 Å². The number of nitrogens with zero attached hydrogens (tertiary/aromatic N) is 1. The van der Waals surface area contributed by atoms with E-state index in [2.05, 4.69) is 27.7 Å². The summed E-state index contributed by atoms with van der Waals surface area (Å²) >= 11 is 0. The summed E-state index contributed by atoms with van der Waals surface area (Å²) in [4.78, 5) is 38.8. The number of benzene rings is 2. The number of carbonyl (C=O) groups excluding carboxylic acids is 3. The molecule has 0 aliphatic carbocycles. The van der Waals surface area contributed by atoms with E-state index in [1.165, 1.54) is 5.56 Å². The van der Waals surface area contributed by atoms with Gasteiger partial charge in [-0.15, -0.1) is 0 Å². The minimum absolute atomic E-state index is 0.0643. The smallest absolute Gasteiger partial charge is 0.242 e. The van der Waals surface area contributed by atoms with Crippen molar-refractivity contribution < 1.29 is 14.4 Å². The van der Waals surface area contributed by atoms with E-state index in [-0.39, 0.29) is 30.7 Å². The highest BCUT2D eigenvalue weighted by Crippen LogP contribution is 2.19. The predicted octanol–water partition coefficient (Wildman–Crippen LogP) is 1.23. The fraction of sp³-hybridized carbons (Fsp3) is 0.375. The molecule has 1 heterocycles. The van der Waals surface area contributed by atoms with Gasteiger partial charge in [0.05, 0.1) is 5.92 Å². The molecule has 2 unspecified atom stereocenters. The molecule has 0 spiro atoms. The van der Waals surface area contributed by atoms with E-state index in [4.69, 9.17) is 5.73 Å². The van der Waals surface area contributed by atoms with Crippen molar-refractivity contribution in [3.05, 3.63) is 71.8 Å². The largest absolute Gasteiger partial charge is 0.370 e. The van der Waals surface area contributed by atoms with Crippen molar-refractivity contribution in [2.24, 2.45) is 11.7 Å². The molecule has 1 aliphatic rings. The Morgan fingerprint density at radius 1 is 1.00 bits per heavy atom. The van der Waals surface area contributed by atoms with Crippen LogP contribution in [0.15, 0.2) is 60.7 Å². The van der Waals surface area contributed by atoms with Gasteiger partial charge < -0.3 is 16.4 Å². The molecule has 2 atom stereocenters. The molecule has 3 rings (SSSR count). The third kappa shape index (κ3) is 7.22. The van der Waals surface area contributed by atoms with Gasteiger partial charge in [0.15, 0.2) is 0 Å². The van der Waals surface area contributed by atoms with Crippen LogP contribution in [0.3, 0.4) is 0 Å². The Morgan fingerprint density at radius 2 is 1.65 bits per heavy atom. The Morgan fingerprint density at radius 3 is 2.29 bits per heavy atom. The van der Waals surface area contributed by atoms with Crippen molar-refractivity contribution in [3.63, 3.8) is 0 Å². The van der Waals surface area contributed by atoms with Gasteiger partial charge in [-0.3, -0.25) is 19.3 Å². The average Bonchev–Trinajstić information content (AvgIpc) is 3.23. The summed E-state index contributed by atoms with van der Waals surface area (Å²) in [5, 5.41) is 5.64. The van der Waals surface area contributed by atoms with E-state index in [1.807, 2.05) is 48.5 Å². The average molecular weight is 423 g/mol. The minimum atomic E-state index is -0.703. The second-order valence-electron chi connectivity index (χ2n) is 7.96. The SMILES string of the molecule is NC(=O)CCNC(=O)C(Cc1ccccc1)NC(=O)C1CCN(Cc2ccccc2)C1. The lowest BCUT2D eigenvalue weighted by atomic mass is 10.0. The molecule has 0 radical (unpaired) electrons. The lowest BCUT2D eigenvalue weighted by Crippen LogP contribution is -2.50. The van der Waals surface area contributed by atoms with Crippen molar-refractivity contribution in [3.8, 4) is 0 Å². The number of primary amides is 1. The molecule has 1 fully saturated rings. The number of nitrogens with two attached hydrogens (primary N) is 1. The van der Waals surface area contributed by atoms with Crippen LogP contribution in [0.1, 0.15) is 24.0 Å². The molecule has 4 N–H and O–H groups in total. The van der Waals surface area contributed by atoms with Crippen molar-refractivity contribution in [1.82, 2.24) is 15.5 Å². The Kier molecular flexibility index (Phi) is 8.18. The van der Waals surface area contributed by atoms with Gasteiger partial charge >= 0.3 is 0 Å². The van der Waals surface area contributed by atoms with Crippen molar-refractivity contribution in [1.29, 1.82) is 0 Å². The number of rotatable bonds is 10. The lowest BCUT2D eigenvalue weighted by Gasteiger charge is -2.21. The van der Waals surface area contributed by atoms with E-state index >= 15 is 0 Å². The molecule has 7 nitrogen and oxygen atoms in total. The molecule has 1 saturated heterocycles. The van der Waals surface area contributed by atoms with E-state index in [9.17, 15) is 14.4 Å². The highest BCUT2D eigenvalue weighted by atomic mass is 16.2. The quantitative estimate of drug-likeness (QED) is 0.536. The van der Waals surface area contributed by atoms with Crippen molar-refractivity contribution >= 4 is 17.7 Å². The predicted molar refractivity (Wildman–Crippen MR) is 119 cm³/mol. The maximum absolute atomic E-state index is 12.9. The van der Waals surface area contributed by atoms with E-state index < -0.39 is 11.9 Å². The van der Waals surface area contributed by atoms with E-state index in [1.54, 1.807) is 0 Å². The van der Waals surface area contributed by atoms with Gasteiger partial charge in [0.1, 0.15) is 6.04 Å². The maximum Gasteiger partial charge on any atom is 0.242 e. The molecular weight excluding hydrogens is 392 g/mol. The van der Waals surface area contributed by atoms with Gasteiger partial charge in [0.25, 0.3) is 0 Å². The first kappa shape index (κ1) is 22.5. The second-order valence-corrected chi connectivity index (χ2v) is 7.96. The molecule has 164 valence electrons. The summed E-state index contributed by atoms with van der Waals surface area (Å²) in [5.74, 6) is -1.05. The minimum Gasteiger partial charge on any atom is -0.370 e. The van der Waals surface area contributed by atoms with Gasteiger partial charge in [-0.1, -0.05) is 60.7 Å². The molecule has 1 aliphatic heterocycles. The zero-order valence-electron chi connectivity index (χ0n) is 17.6. The standard InChI is InChI=1S/C24H30N4O3/c25-22(29)11-13-26-24(31)21(15-18-7-3-1-4-8-18)27-23(30)20-12-14-28(17-20)16-19-9-5-2-6-10-19/h1-10,20-21H,11-17H2,(H2,25,29)(H,26,31)(H,27,30). The van der Waals surface area contributed by atoms with Crippen LogP contribution in [-0.2, 0) is 27.3 Å². The summed E-state index contributed by atoms with van der Waals surface area (Å²) in [6.07, 6.45) is 1.21. The third-order valence-corrected chi connectivity index (χ3v) is 5.48. The molecule has 0 bridgehead atoms. The summed E-state index contributed by atoms with van der Waals surface area (Å²) in [6.45, 7) is 2.48. The number of hydrogen-bond acceptors (Lipinski definition) is 4. The number of amides is 3. The molecular formula is C24H30N4O3. The summed E-state index contributed by atoms with van der Waals surface area (Å²) in [5.41, 5.74) is 7.32. The Labute approximate surface area is 183 Å². The molecule has 31 heavy (non-hydrogen) atoms. The molecule has 2 aromatic rings. The van der Waals surface area contributed by atoms with Gasteiger partial charge in [0, 0.05) is 32.5 Å². The third-order valence-electron chi connectivity index (χ3n) is 5.48. The molecule has 0 saturated carbocycles. The lowest BCUT2D eigenvalue weighted by molar-refractivity contribution is -0.131. The first-order valence-corrected chi connectivity index (χ1v) is 10.7. The Balaban J connectivity index is 1.58. The molecule has 3 amide bonds. The van der Waals surface area contributed by atoms with E-state index in [0.29, 0.717) is 13.0 Å². The molecule has 0 aromatic heterocycles. The molecule has 2 aromatic carbocycles. The zero-order chi connectivity index (χ0) is 22.1. The normalized spacial score (nSPS) is 17.1. The van der Waals surface area contributed by atoms with Crippen LogP contribution in [0.25, 0.3) is 0 Å². The fourth-order valence-corrected chi connectivity index (χ4v) is 3.81. The van der Waals surface area contributed by atoms with E-state index in [0.717, 1.165) is 25.1 Å². The van der Waals surface area contributed by atoms with Crippen LogP contribution in [0, 0.1) is 5.92 Å².